The van der Waals surface area contributed by atoms with Crippen LogP contribution >= 0.6 is 0 Å². The molecule has 0 aliphatic rings. The molecule has 5 heteroatoms. The van der Waals surface area contributed by atoms with Crippen molar-refractivity contribution in [3.05, 3.63) is 48.4 Å². The average Bonchev–Trinajstić information content (AvgIpc) is 2.90. The number of imidazole rings is 1. The van der Waals surface area contributed by atoms with Crippen LogP contribution in [-0.4, -0.2) is 20.9 Å². The summed E-state index contributed by atoms with van der Waals surface area (Å²) in [6.45, 7) is 4.84. The highest BCUT2D eigenvalue weighted by Gasteiger charge is 2.10. The highest BCUT2D eigenvalue weighted by Crippen LogP contribution is 2.27. The molecule has 2 aromatic heterocycles. The monoisotopic (exact) mass is 268 g/mol. The Morgan fingerprint density at radius 3 is 2.95 bits per heavy atom. The maximum atomic E-state index is 5.93. The number of rotatable bonds is 4. The summed E-state index contributed by atoms with van der Waals surface area (Å²) in [7, 11) is 0. The first-order valence-corrected chi connectivity index (χ1v) is 6.59. The molecule has 1 aromatic carbocycles. The standard InChI is InChI=1S/C15H16N4O/c1-3-16-13-10-19-9-8-17-14(19)15(18-13)20-12-7-5-4-6-11(12)2/h4-10,16H,3H2,1-2H3. The van der Waals surface area contributed by atoms with Gasteiger partial charge < -0.3 is 10.1 Å². The minimum Gasteiger partial charge on any atom is -0.436 e. The topological polar surface area (TPSA) is 51.5 Å². The van der Waals surface area contributed by atoms with Gasteiger partial charge in [-0.15, -0.1) is 0 Å². The largest absolute Gasteiger partial charge is 0.436 e. The third-order valence-electron chi connectivity index (χ3n) is 3.00. The van der Waals surface area contributed by atoms with Crippen molar-refractivity contribution in [1.82, 2.24) is 14.4 Å². The zero-order valence-electron chi connectivity index (χ0n) is 11.5. The fourth-order valence-corrected chi connectivity index (χ4v) is 2.01. The highest BCUT2D eigenvalue weighted by molar-refractivity contribution is 5.55. The third-order valence-corrected chi connectivity index (χ3v) is 3.00. The Bertz CT molecular complexity index is 736. The molecule has 3 rings (SSSR count). The van der Waals surface area contributed by atoms with Gasteiger partial charge in [-0.1, -0.05) is 18.2 Å². The van der Waals surface area contributed by atoms with Crippen molar-refractivity contribution in [1.29, 1.82) is 0 Å². The van der Waals surface area contributed by atoms with Gasteiger partial charge in [0.05, 0.1) is 6.20 Å². The molecule has 0 saturated carbocycles. The molecule has 0 saturated heterocycles. The summed E-state index contributed by atoms with van der Waals surface area (Å²) in [4.78, 5) is 8.78. The Hall–Kier alpha value is -2.56. The molecular formula is C15H16N4O. The van der Waals surface area contributed by atoms with Crippen molar-refractivity contribution in [3.63, 3.8) is 0 Å². The van der Waals surface area contributed by atoms with Crippen LogP contribution in [0, 0.1) is 6.92 Å². The number of para-hydroxylation sites is 1. The number of hydrogen-bond acceptors (Lipinski definition) is 4. The van der Waals surface area contributed by atoms with Crippen LogP contribution in [0.5, 0.6) is 11.6 Å². The van der Waals surface area contributed by atoms with E-state index in [-0.39, 0.29) is 0 Å². The summed E-state index contributed by atoms with van der Waals surface area (Å²) in [6.07, 6.45) is 5.51. The van der Waals surface area contributed by atoms with Gasteiger partial charge in [0.2, 0.25) is 5.65 Å². The predicted molar refractivity (Wildman–Crippen MR) is 78.4 cm³/mol. The van der Waals surface area contributed by atoms with Crippen LogP contribution in [-0.2, 0) is 0 Å². The molecule has 20 heavy (non-hydrogen) atoms. The fraction of sp³-hybridized carbons (Fsp3) is 0.200. The molecular weight excluding hydrogens is 252 g/mol. The van der Waals surface area contributed by atoms with Gasteiger partial charge in [-0.2, -0.15) is 4.98 Å². The van der Waals surface area contributed by atoms with E-state index >= 15 is 0 Å². The molecule has 0 radical (unpaired) electrons. The number of benzene rings is 1. The number of anilines is 1. The zero-order chi connectivity index (χ0) is 13.9. The molecule has 2 heterocycles. The lowest BCUT2D eigenvalue weighted by atomic mass is 10.2. The molecule has 0 unspecified atom stereocenters. The minimum atomic E-state index is 0.503. The molecule has 5 nitrogen and oxygen atoms in total. The number of fused-ring (bicyclic) bond motifs is 1. The lowest BCUT2D eigenvalue weighted by molar-refractivity contribution is 0.462. The first-order valence-electron chi connectivity index (χ1n) is 6.59. The normalized spacial score (nSPS) is 10.7. The molecule has 0 aliphatic heterocycles. The molecule has 1 N–H and O–H groups in total. The average molecular weight is 268 g/mol. The molecule has 0 aliphatic carbocycles. The van der Waals surface area contributed by atoms with Gasteiger partial charge in [-0.05, 0) is 25.5 Å². The second-order valence-corrected chi connectivity index (χ2v) is 4.49. The Balaban J connectivity index is 2.05. The lowest BCUT2D eigenvalue weighted by Gasteiger charge is -2.10. The predicted octanol–water partition coefficient (Wildman–Crippen LogP) is 3.26. The molecule has 0 amide bonds. The van der Waals surface area contributed by atoms with Crippen LogP contribution < -0.4 is 10.1 Å². The number of nitrogens with one attached hydrogen (secondary N) is 1. The van der Waals surface area contributed by atoms with E-state index in [1.807, 2.05) is 54.9 Å². The maximum Gasteiger partial charge on any atom is 0.265 e. The Morgan fingerprint density at radius 2 is 2.15 bits per heavy atom. The first kappa shape index (κ1) is 12.5. The second-order valence-electron chi connectivity index (χ2n) is 4.49. The van der Waals surface area contributed by atoms with Gasteiger partial charge in [0.1, 0.15) is 11.6 Å². The summed E-state index contributed by atoms with van der Waals surface area (Å²) in [5.41, 5.74) is 1.77. The number of aromatic nitrogens is 3. The minimum absolute atomic E-state index is 0.503. The van der Waals surface area contributed by atoms with Crippen molar-refractivity contribution in [2.24, 2.45) is 0 Å². The van der Waals surface area contributed by atoms with Crippen LogP contribution in [0.25, 0.3) is 5.65 Å². The molecule has 0 atom stereocenters. The van der Waals surface area contributed by atoms with Crippen molar-refractivity contribution in [2.45, 2.75) is 13.8 Å². The Labute approximate surface area is 117 Å². The van der Waals surface area contributed by atoms with Crippen LogP contribution in [0.4, 0.5) is 5.82 Å². The number of ether oxygens (including phenoxy) is 1. The van der Waals surface area contributed by atoms with Gasteiger partial charge >= 0.3 is 0 Å². The van der Waals surface area contributed by atoms with E-state index in [9.17, 15) is 0 Å². The van der Waals surface area contributed by atoms with Crippen molar-refractivity contribution >= 4 is 11.5 Å². The van der Waals surface area contributed by atoms with E-state index in [0.29, 0.717) is 11.5 Å². The van der Waals surface area contributed by atoms with Crippen molar-refractivity contribution in [3.8, 4) is 11.6 Å². The summed E-state index contributed by atoms with van der Waals surface area (Å²) in [6, 6.07) is 7.86. The Kier molecular flexibility index (Phi) is 3.25. The van der Waals surface area contributed by atoms with E-state index in [1.54, 1.807) is 6.20 Å². The maximum absolute atomic E-state index is 5.93. The Morgan fingerprint density at radius 1 is 1.30 bits per heavy atom. The first-order chi connectivity index (χ1) is 9.78. The van der Waals surface area contributed by atoms with Crippen LogP contribution in [0.2, 0.25) is 0 Å². The van der Waals surface area contributed by atoms with E-state index in [1.165, 1.54) is 0 Å². The van der Waals surface area contributed by atoms with Crippen LogP contribution in [0.15, 0.2) is 42.9 Å². The van der Waals surface area contributed by atoms with E-state index in [0.717, 1.165) is 23.7 Å². The SMILES string of the molecule is CCNc1cn2ccnc2c(Oc2ccccc2C)n1. The zero-order valence-corrected chi connectivity index (χ0v) is 11.5. The van der Waals surface area contributed by atoms with Gasteiger partial charge in [-0.3, -0.25) is 4.40 Å². The van der Waals surface area contributed by atoms with Gasteiger partial charge in [0.25, 0.3) is 5.88 Å². The molecule has 0 spiro atoms. The van der Waals surface area contributed by atoms with Crippen LogP contribution in [0.1, 0.15) is 12.5 Å². The number of aryl methyl sites for hydroxylation is 1. The van der Waals surface area contributed by atoms with Gasteiger partial charge in [0, 0.05) is 18.9 Å². The fourth-order valence-electron chi connectivity index (χ4n) is 2.01. The molecule has 102 valence electrons. The lowest BCUT2D eigenvalue weighted by Crippen LogP contribution is -2.03. The van der Waals surface area contributed by atoms with Crippen LogP contribution in [0.3, 0.4) is 0 Å². The number of hydrogen-bond donors (Lipinski definition) is 1. The molecule has 0 fully saturated rings. The van der Waals surface area contributed by atoms with Gasteiger partial charge in [-0.25, -0.2) is 4.98 Å². The van der Waals surface area contributed by atoms with Gasteiger partial charge in [0.15, 0.2) is 0 Å². The molecule has 3 aromatic rings. The van der Waals surface area contributed by atoms with Crippen molar-refractivity contribution in [2.75, 3.05) is 11.9 Å². The van der Waals surface area contributed by atoms with E-state index < -0.39 is 0 Å². The summed E-state index contributed by atoms with van der Waals surface area (Å²) in [5, 5.41) is 3.19. The summed E-state index contributed by atoms with van der Waals surface area (Å²) in [5.74, 6) is 2.06. The van der Waals surface area contributed by atoms with E-state index in [4.69, 9.17) is 4.74 Å². The quantitative estimate of drug-likeness (QED) is 0.789. The van der Waals surface area contributed by atoms with E-state index in [2.05, 4.69) is 15.3 Å². The molecule has 0 bridgehead atoms. The smallest absolute Gasteiger partial charge is 0.265 e. The second kappa shape index (κ2) is 5.21. The highest BCUT2D eigenvalue weighted by atomic mass is 16.5. The summed E-state index contributed by atoms with van der Waals surface area (Å²) >= 11 is 0. The number of nitrogens with zero attached hydrogens (tertiary/aromatic N) is 3. The summed E-state index contributed by atoms with van der Waals surface area (Å²) < 4.78 is 7.83. The third kappa shape index (κ3) is 2.30. The van der Waals surface area contributed by atoms with Crippen molar-refractivity contribution < 1.29 is 4.74 Å².